The number of hydrogen-bond donors (Lipinski definition) is 1. The molecule has 0 unspecified atom stereocenters. The van der Waals surface area contributed by atoms with E-state index in [4.69, 9.17) is 9.72 Å². The lowest BCUT2D eigenvalue weighted by Gasteiger charge is -2.06. The van der Waals surface area contributed by atoms with Crippen molar-refractivity contribution in [1.29, 1.82) is 5.26 Å². The zero-order valence-corrected chi connectivity index (χ0v) is 13.4. The van der Waals surface area contributed by atoms with Crippen LogP contribution in [-0.4, -0.2) is 17.1 Å². The van der Waals surface area contributed by atoms with Crippen LogP contribution in [0.3, 0.4) is 0 Å². The molecule has 0 aliphatic rings. The van der Waals surface area contributed by atoms with E-state index >= 15 is 0 Å². The fraction of sp³-hybridized carbons (Fsp3) is 0.100. The molecule has 0 saturated carbocycles. The molecule has 0 aliphatic heterocycles. The average molecular weight is 313 g/mol. The Bertz CT molecular complexity index is 1120. The maximum absolute atomic E-state index is 9.58. The Morgan fingerprint density at radius 2 is 2.00 bits per heavy atom. The standard InChI is InChI=1S/C20H15N3O/c1-12-3-6-18-13(7-12)8-14(10-21)20(23-18)17-11-22-19-9-15(24-2)4-5-16(17)19/h3-9,11,22H,1-2H3. The average Bonchev–Trinajstić information content (AvgIpc) is 3.03. The second-order valence-electron chi connectivity index (χ2n) is 5.81. The molecule has 0 aliphatic carbocycles. The fourth-order valence-corrected chi connectivity index (χ4v) is 3.01. The van der Waals surface area contributed by atoms with Gasteiger partial charge in [0.1, 0.15) is 11.8 Å². The molecule has 1 N–H and O–H groups in total. The normalized spacial score (nSPS) is 10.9. The summed E-state index contributed by atoms with van der Waals surface area (Å²) in [5, 5.41) is 11.6. The van der Waals surface area contributed by atoms with Crippen molar-refractivity contribution in [3.05, 3.63) is 59.8 Å². The molecular formula is C20H15N3O. The summed E-state index contributed by atoms with van der Waals surface area (Å²) >= 11 is 0. The molecule has 0 saturated heterocycles. The van der Waals surface area contributed by atoms with Crippen molar-refractivity contribution < 1.29 is 4.74 Å². The zero-order chi connectivity index (χ0) is 16.7. The molecule has 0 bridgehead atoms. The summed E-state index contributed by atoms with van der Waals surface area (Å²) in [7, 11) is 1.64. The highest BCUT2D eigenvalue weighted by molar-refractivity contribution is 5.98. The Labute approximate surface area is 139 Å². The lowest BCUT2D eigenvalue weighted by Crippen LogP contribution is -1.91. The van der Waals surface area contributed by atoms with Gasteiger partial charge in [-0.15, -0.1) is 0 Å². The van der Waals surface area contributed by atoms with Gasteiger partial charge in [0.15, 0.2) is 0 Å². The van der Waals surface area contributed by atoms with Gasteiger partial charge in [-0.3, -0.25) is 0 Å². The van der Waals surface area contributed by atoms with Crippen molar-refractivity contribution >= 4 is 21.8 Å². The summed E-state index contributed by atoms with van der Waals surface area (Å²) in [4.78, 5) is 7.99. The highest BCUT2D eigenvalue weighted by Gasteiger charge is 2.14. The van der Waals surface area contributed by atoms with Crippen LogP contribution in [0.15, 0.2) is 48.7 Å². The SMILES string of the molecule is COc1ccc2c(-c3nc4ccc(C)cc4cc3C#N)c[nH]c2c1. The number of aryl methyl sites for hydroxylation is 1. The maximum Gasteiger partial charge on any atom is 0.120 e. The van der Waals surface area contributed by atoms with Gasteiger partial charge in [0.25, 0.3) is 0 Å². The van der Waals surface area contributed by atoms with E-state index in [1.54, 1.807) is 7.11 Å². The summed E-state index contributed by atoms with van der Waals surface area (Å²) < 4.78 is 5.26. The lowest BCUT2D eigenvalue weighted by molar-refractivity contribution is 0.415. The topological polar surface area (TPSA) is 61.7 Å². The second kappa shape index (κ2) is 5.39. The number of H-pyrrole nitrogens is 1. The monoisotopic (exact) mass is 313 g/mol. The molecule has 116 valence electrons. The van der Waals surface area contributed by atoms with E-state index in [1.807, 2.05) is 55.6 Å². The Morgan fingerprint density at radius 3 is 2.79 bits per heavy atom. The van der Waals surface area contributed by atoms with Crippen LogP contribution >= 0.6 is 0 Å². The number of aromatic nitrogens is 2. The molecule has 0 atom stereocenters. The van der Waals surface area contributed by atoms with Gasteiger partial charge in [-0.2, -0.15) is 5.26 Å². The van der Waals surface area contributed by atoms with Crippen molar-refractivity contribution in [2.24, 2.45) is 0 Å². The van der Waals surface area contributed by atoms with Crippen molar-refractivity contribution in [2.75, 3.05) is 7.11 Å². The molecule has 4 heteroatoms. The number of rotatable bonds is 2. The van der Waals surface area contributed by atoms with E-state index in [9.17, 15) is 5.26 Å². The molecule has 24 heavy (non-hydrogen) atoms. The highest BCUT2D eigenvalue weighted by atomic mass is 16.5. The summed E-state index contributed by atoms with van der Waals surface area (Å²) in [5.41, 5.74) is 5.19. The van der Waals surface area contributed by atoms with E-state index in [2.05, 4.69) is 11.1 Å². The number of nitriles is 1. The van der Waals surface area contributed by atoms with E-state index in [0.29, 0.717) is 11.3 Å². The first-order chi connectivity index (χ1) is 11.7. The molecule has 2 aromatic heterocycles. The summed E-state index contributed by atoms with van der Waals surface area (Å²) in [6.07, 6.45) is 1.90. The van der Waals surface area contributed by atoms with Gasteiger partial charge >= 0.3 is 0 Å². The molecule has 4 nitrogen and oxygen atoms in total. The van der Waals surface area contributed by atoms with E-state index < -0.39 is 0 Å². The van der Waals surface area contributed by atoms with Crippen molar-refractivity contribution in [3.63, 3.8) is 0 Å². The van der Waals surface area contributed by atoms with Gasteiger partial charge in [0, 0.05) is 34.1 Å². The third kappa shape index (κ3) is 2.19. The van der Waals surface area contributed by atoms with Crippen LogP contribution in [0.25, 0.3) is 33.1 Å². The highest BCUT2D eigenvalue weighted by Crippen LogP contribution is 2.33. The van der Waals surface area contributed by atoms with Crippen molar-refractivity contribution in [1.82, 2.24) is 9.97 Å². The number of benzene rings is 2. The molecule has 4 aromatic rings. The van der Waals surface area contributed by atoms with Gasteiger partial charge < -0.3 is 9.72 Å². The molecule has 4 rings (SSSR count). The molecule has 0 radical (unpaired) electrons. The summed E-state index contributed by atoms with van der Waals surface area (Å²) in [6, 6.07) is 16.1. The predicted molar refractivity (Wildman–Crippen MR) is 95.0 cm³/mol. The predicted octanol–water partition coefficient (Wildman–Crippen LogP) is 4.57. The third-order valence-corrected chi connectivity index (χ3v) is 4.23. The van der Waals surface area contributed by atoms with E-state index in [-0.39, 0.29) is 0 Å². The molecule has 0 amide bonds. The van der Waals surface area contributed by atoms with Crippen LogP contribution in [0, 0.1) is 18.3 Å². The van der Waals surface area contributed by atoms with Gasteiger partial charge in [-0.05, 0) is 37.3 Å². The maximum atomic E-state index is 9.58. The number of fused-ring (bicyclic) bond motifs is 2. The van der Waals surface area contributed by atoms with E-state index in [1.165, 1.54) is 0 Å². The van der Waals surface area contributed by atoms with Crippen LogP contribution in [0.5, 0.6) is 5.75 Å². The molecule has 2 aromatic carbocycles. The molecular weight excluding hydrogens is 298 g/mol. The Kier molecular flexibility index (Phi) is 3.21. The first-order valence-electron chi connectivity index (χ1n) is 7.66. The number of nitrogens with zero attached hydrogens (tertiary/aromatic N) is 2. The minimum Gasteiger partial charge on any atom is -0.497 e. The quantitative estimate of drug-likeness (QED) is 0.589. The number of aromatic amines is 1. The van der Waals surface area contributed by atoms with Gasteiger partial charge in [-0.1, -0.05) is 11.6 Å². The number of methoxy groups -OCH3 is 1. The van der Waals surface area contributed by atoms with Crippen LogP contribution in [0.2, 0.25) is 0 Å². The largest absolute Gasteiger partial charge is 0.497 e. The number of nitrogens with one attached hydrogen (secondary N) is 1. The minimum absolute atomic E-state index is 0.574. The second-order valence-corrected chi connectivity index (χ2v) is 5.81. The van der Waals surface area contributed by atoms with Crippen molar-refractivity contribution in [3.8, 4) is 23.1 Å². The number of ether oxygens (including phenoxy) is 1. The van der Waals surface area contributed by atoms with E-state index in [0.717, 1.165) is 38.7 Å². The summed E-state index contributed by atoms with van der Waals surface area (Å²) in [6.45, 7) is 2.03. The molecule has 2 heterocycles. The van der Waals surface area contributed by atoms with Crippen LogP contribution in [-0.2, 0) is 0 Å². The van der Waals surface area contributed by atoms with Crippen LogP contribution in [0.1, 0.15) is 11.1 Å². The van der Waals surface area contributed by atoms with Gasteiger partial charge in [-0.25, -0.2) is 4.98 Å². The zero-order valence-electron chi connectivity index (χ0n) is 13.4. The first-order valence-corrected chi connectivity index (χ1v) is 7.66. The lowest BCUT2D eigenvalue weighted by atomic mass is 10.0. The third-order valence-electron chi connectivity index (χ3n) is 4.23. The number of pyridine rings is 1. The Balaban J connectivity index is 1.99. The Hall–Kier alpha value is -3.32. The number of hydrogen-bond acceptors (Lipinski definition) is 3. The van der Waals surface area contributed by atoms with Gasteiger partial charge in [0.05, 0.1) is 23.9 Å². The van der Waals surface area contributed by atoms with Crippen LogP contribution in [0.4, 0.5) is 0 Å². The molecule has 0 fully saturated rings. The van der Waals surface area contributed by atoms with Crippen molar-refractivity contribution in [2.45, 2.75) is 6.92 Å². The smallest absolute Gasteiger partial charge is 0.120 e. The van der Waals surface area contributed by atoms with Crippen LogP contribution < -0.4 is 4.74 Å². The minimum atomic E-state index is 0.574. The molecule has 0 spiro atoms. The Morgan fingerprint density at radius 1 is 1.12 bits per heavy atom. The fourth-order valence-electron chi connectivity index (χ4n) is 3.01. The summed E-state index contributed by atoms with van der Waals surface area (Å²) in [5.74, 6) is 0.790. The first kappa shape index (κ1) is 14.3. The van der Waals surface area contributed by atoms with Gasteiger partial charge in [0.2, 0.25) is 0 Å².